The van der Waals surface area contributed by atoms with Gasteiger partial charge in [0.15, 0.2) is 0 Å². The smallest absolute Gasteiger partial charge is 0.0351 e. The van der Waals surface area contributed by atoms with E-state index >= 15 is 0 Å². The van der Waals surface area contributed by atoms with E-state index in [2.05, 4.69) is 45.1 Å². The second-order valence-corrected chi connectivity index (χ2v) is 5.95. The maximum Gasteiger partial charge on any atom is 0.0351 e. The van der Waals surface area contributed by atoms with Gasteiger partial charge < -0.3 is 0 Å². The lowest BCUT2D eigenvalue weighted by atomic mass is 9.92. The summed E-state index contributed by atoms with van der Waals surface area (Å²) in [6.07, 6.45) is 7.00. The van der Waals surface area contributed by atoms with E-state index in [1.807, 2.05) is 0 Å². The first-order valence-corrected chi connectivity index (χ1v) is 7.15. The zero-order valence-corrected chi connectivity index (χ0v) is 11.1. The number of piperidine rings is 1. The van der Waals surface area contributed by atoms with Crippen LogP contribution in [0, 0.1) is 0 Å². The van der Waals surface area contributed by atoms with Crippen molar-refractivity contribution in [1.82, 2.24) is 4.90 Å². The molecule has 3 rings (SSSR count). The molecule has 1 nitrogen and oxygen atoms in total. The molecule has 0 unspecified atom stereocenters. The molecule has 2 saturated heterocycles. The summed E-state index contributed by atoms with van der Waals surface area (Å²) in [4.78, 5) is 2.74. The lowest BCUT2D eigenvalue weighted by Crippen LogP contribution is -2.37. The van der Waals surface area contributed by atoms with Gasteiger partial charge in [-0.1, -0.05) is 28.1 Å². The molecule has 2 aliphatic heterocycles. The van der Waals surface area contributed by atoms with Crippen LogP contribution in [0.3, 0.4) is 0 Å². The minimum atomic E-state index is 0.689. The highest BCUT2D eigenvalue weighted by atomic mass is 79.9. The first-order valence-electron chi connectivity index (χ1n) is 6.36. The van der Waals surface area contributed by atoms with Crippen LogP contribution >= 0.6 is 15.9 Å². The summed E-state index contributed by atoms with van der Waals surface area (Å²) in [7, 11) is 0. The number of rotatable bonds is 1. The fourth-order valence-corrected chi connectivity index (χ4v) is 3.60. The predicted molar refractivity (Wildman–Crippen MR) is 70.5 cm³/mol. The third-order valence-corrected chi connectivity index (χ3v) is 4.62. The van der Waals surface area contributed by atoms with E-state index in [1.54, 1.807) is 0 Å². The van der Waals surface area contributed by atoms with E-state index in [4.69, 9.17) is 0 Å². The lowest BCUT2D eigenvalue weighted by molar-refractivity contribution is 0.123. The van der Waals surface area contributed by atoms with Crippen LogP contribution in [-0.2, 0) is 0 Å². The Hall–Kier alpha value is -0.340. The van der Waals surface area contributed by atoms with Crippen molar-refractivity contribution in [3.05, 3.63) is 34.3 Å². The molecule has 2 atom stereocenters. The first-order chi connectivity index (χ1) is 7.84. The summed E-state index contributed by atoms with van der Waals surface area (Å²) in [5.74, 6) is 0. The molecule has 0 radical (unpaired) electrons. The number of benzene rings is 1. The van der Waals surface area contributed by atoms with Gasteiger partial charge in [-0.25, -0.2) is 0 Å². The molecule has 0 aromatic heterocycles. The van der Waals surface area contributed by atoms with E-state index in [0.29, 0.717) is 6.04 Å². The Morgan fingerprint density at radius 1 is 1.00 bits per heavy atom. The molecule has 0 spiro atoms. The molecular weight excluding hydrogens is 262 g/mol. The normalized spacial score (nSPS) is 30.3. The molecule has 1 aromatic carbocycles. The Morgan fingerprint density at radius 2 is 1.75 bits per heavy atom. The third kappa shape index (κ3) is 1.93. The minimum Gasteiger partial charge on any atom is -0.293 e. The largest absolute Gasteiger partial charge is 0.293 e. The average molecular weight is 280 g/mol. The topological polar surface area (TPSA) is 3.24 Å². The van der Waals surface area contributed by atoms with Crippen molar-refractivity contribution < 1.29 is 0 Å². The standard InChI is InChI=1S/C14H18BrN/c15-12-8-6-11(7-9-12)14-5-1-3-13-4-2-10-16(13)14/h6-9,13-14H,1-5,10H2/t13-,14+/m1/s1. The maximum atomic E-state index is 3.51. The highest BCUT2D eigenvalue weighted by Crippen LogP contribution is 2.39. The van der Waals surface area contributed by atoms with Gasteiger partial charge >= 0.3 is 0 Å². The van der Waals surface area contributed by atoms with Crippen LogP contribution < -0.4 is 0 Å². The maximum absolute atomic E-state index is 3.51. The first kappa shape index (κ1) is 10.8. The summed E-state index contributed by atoms with van der Waals surface area (Å²) >= 11 is 3.51. The van der Waals surface area contributed by atoms with Crippen molar-refractivity contribution >= 4 is 15.9 Å². The molecular formula is C14H18BrN. The fraction of sp³-hybridized carbons (Fsp3) is 0.571. The summed E-state index contributed by atoms with van der Waals surface area (Å²) in [6.45, 7) is 1.31. The van der Waals surface area contributed by atoms with Crippen molar-refractivity contribution in [1.29, 1.82) is 0 Å². The van der Waals surface area contributed by atoms with E-state index in [1.165, 1.54) is 48.7 Å². The molecule has 1 aromatic rings. The van der Waals surface area contributed by atoms with E-state index < -0.39 is 0 Å². The van der Waals surface area contributed by atoms with Crippen LogP contribution in [0.2, 0.25) is 0 Å². The van der Waals surface area contributed by atoms with Crippen LogP contribution in [0.5, 0.6) is 0 Å². The fourth-order valence-electron chi connectivity index (χ4n) is 3.33. The predicted octanol–water partition coefficient (Wildman–Crippen LogP) is 4.14. The molecule has 0 N–H and O–H groups in total. The number of halogens is 1. The van der Waals surface area contributed by atoms with Gasteiger partial charge in [0.2, 0.25) is 0 Å². The van der Waals surface area contributed by atoms with Gasteiger partial charge in [-0.15, -0.1) is 0 Å². The number of hydrogen-bond acceptors (Lipinski definition) is 1. The Kier molecular flexibility index (Phi) is 3.03. The Bertz CT molecular complexity index is 360. The molecule has 0 amide bonds. The Labute approximate surface area is 106 Å². The second kappa shape index (κ2) is 4.50. The molecule has 86 valence electrons. The summed E-state index contributed by atoms with van der Waals surface area (Å²) in [5, 5.41) is 0. The third-order valence-electron chi connectivity index (χ3n) is 4.09. The molecule has 16 heavy (non-hydrogen) atoms. The molecule has 2 fully saturated rings. The Morgan fingerprint density at radius 3 is 2.56 bits per heavy atom. The average Bonchev–Trinajstić information content (AvgIpc) is 2.78. The van der Waals surface area contributed by atoms with Crippen molar-refractivity contribution in [2.75, 3.05) is 6.54 Å². The second-order valence-electron chi connectivity index (χ2n) is 5.03. The quantitative estimate of drug-likeness (QED) is 0.747. The number of hydrogen-bond donors (Lipinski definition) is 0. The van der Waals surface area contributed by atoms with Gasteiger partial charge in [0.25, 0.3) is 0 Å². The SMILES string of the molecule is Brc1ccc([C@@H]2CCC[C@@H]3CCCN32)cc1. The molecule has 2 heterocycles. The molecule has 2 aliphatic rings. The highest BCUT2D eigenvalue weighted by molar-refractivity contribution is 9.10. The van der Waals surface area contributed by atoms with Crippen LogP contribution in [-0.4, -0.2) is 17.5 Å². The van der Waals surface area contributed by atoms with Gasteiger partial charge in [-0.2, -0.15) is 0 Å². The van der Waals surface area contributed by atoms with E-state index in [-0.39, 0.29) is 0 Å². The number of nitrogens with zero attached hydrogens (tertiary/aromatic N) is 1. The molecule has 0 aliphatic carbocycles. The number of fused-ring (bicyclic) bond motifs is 1. The highest BCUT2D eigenvalue weighted by Gasteiger charge is 2.34. The van der Waals surface area contributed by atoms with Crippen molar-refractivity contribution in [2.45, 2.75) is 44.2 Å². The summed E-state index contributed by atoms with van der Waals surface area (Å²) in [6, 6.07) is 10.5. The van der Waals surface area contributed by atoms with Crippen LogP contribution in [0.15, 0.2) is 28.7 Å². The summed E-state index contributed by atoms with van der Waals surface area (Å²) < 4.78 is 1.19. The van der Waals surface area contributed by atoms with Crippen molar-refractivity contribution in [3.8, 4) is 0 Å². The van der Waals surface area contributed by atoms with Crippen molar-refractivity contribution in [3.63, 3.8) is 0 Å². The minimum absolute atomic E-state index is 0.689. The van der Waals surface area contributed by atoms with Gasteiger partial charge in [0.1, 0.15) is 0 Å². The Balaban J connectivity index is 1.85. The van der Waals surface area contributed by atoms with Gasteiger partial charge in [0.05, 0.1) is 0 Å². The van der Waals surface area contributed by atoms with Gasteiger partial charge in [-0.3, -0.25) is 4.90 Å². The zero-order valence-electron chi connectivity index (χ0n) is 9.53. The van der Waals surface area contributed by atoms with E-state index in [9.17, 15) is 0 Å². The molecule has 0 saturated carbocycles. The van der Waals surface area contributed by atoms with E-state index in [0.717, 1.165) is 6.04 Å². The van der Waals surface area contributed by atoms with Crippen LogP contribution in [0.4, 0.5) is 0 Å². The lowest BCUT2D eigenvalue weighted by Gasteiger charge is -2.38. The van der Waals surface area contributed by atoms with Crippen LogP contribution in [0.1, 0.15) is 43.7 Å². The molecule has 2 heteroatoms. The monoisotopic (exact) mass is 279 g/mol. The van der Waals surface area contributed by atoms with Gasteiger partial charge in [-0.05, 0) is 56.3 Å². The molecule has 0 bridgehead atoms. The van der Waals surface area contributed by atoms with Crippen molar-refractivity contribution in [2.24, 2.45) is 0 Å². The van der Waals surface area contributed by atoms with Crippen LogP contribution in [0.25, 0.3) is 0 Å². The summed E-state index contributed by atoms with van der Waals surface area (Å²) in [5.41, 5.74) is 1.51. The van der Waals surface area contributed by atoms with Gasteiger partial charge in [0, 0.05) is 16.6 Å². The zero-order chi connectivity index (χ0) is 11.0.